The number of rotatable bonds is 2. The van der Waals surface area contributed by atoms with Crippen molar-refractivity contribution in [3.8, 4) is 0 Å². The second-order valence-electron chi connectivity index (χ2n) is 5.25. The minimum Gasteiger partial charge on any atom is -0.387 e. The summed E-state index contributed by atoms with van der Waals surface area (Å²) < 4.78 is 0. The molecule has 1 aliphatic heterocycles. The Bertz CT molecular complexity index is 630. The molecule has 1 aromatic carbocycles. The van der Waals surface area contributed by atoms with Gasteiger partial charge < -0.3 is 15.0 Å². The number of amides is 1. The van der Waals surface area contributed by atoms with E-state index in [2.05, 4.69) is 11.1 Å². The van der Waals surface area contributed by atoms with Crippen molar-refractivity contribution in [1.29, 1.82) is 0 Å². The number of nitrogens with zero attached hydrogens (tertiary/aromatic N) is 1. The molecule has 0 bridgehead atoms. The van der Waals surface area contributed by atoms with Crippen LogP contribution in [0.3, 0.4) is 0 Å². The number of aromatic nitrogens is 1. The van der Waals surface area contributed by atoms with Gasteiger partial charge in [0, 0.05) is 35.2 Å². The first-order valence-electron chi connectivity index (χ1n) is 6.84. The molecule has 3 rings (SSSR count). The molecule has 2 aromatic rings. The Kier molecular flexibility index (Phi) is 3.68. The van der Waals surface area contributed by atoms with Gasteiger partial charge in [-0.1, -0.05) is 11.6 Å². The zero-order valence-electron chi connectivity index (χ0n) is 11.1. The van der Waals surface area contributed by atoms with Gasteiger partial charge in [0.2, 0.25) is 5.91 Å². The number of benzene rings is 1. The van der Waals surface area contributed by atoms with Crippen LogP contribution in [-0.4, -0.2) is 40.6 Å². The molecule has 2 N–H and O–H groups in total. The minimum absolute atomic E-state index is 0.179. The second kappa shape index (κ2) is 5.46. The summed E-state index contributed by atoms with van der Waals surface area (Å²) in [7, 11) is 0. The lowest BCUT2D eigenvalue weighted by atomic mass is 9.87. The molecule has 1 amide bonds. The first-order valence-corrected chi connectivity index (χ1v) is 7.22. The molecule has 0 saturated carbocycles. The number of carbonyl (C=O) groups excluding carboxylic acids is 1. The normalized spacial score (nSPS) is 16.8. The summed E-state index contributed by atoms with van der Waals surface area (Å²) in [6, 6.07) is 6.04. The Morgan fingerprint density at radius 3 is 2.85 bits per heavy atom. The predicted octanol–water partition coefficient (Wildman–Crippen LogP) is 2.52. The van der Waals surface area contributed by atoms with Crippen LogP contribution in [-0.2, 0) is 4.79 Å². The van der Waals surface area contributed by atoms with Gasteiger partial charge in [0.25, 0.3) is 0 Å². The first-order chi connectivity index (χ1) is 9.69. The third-order valence-electron chi connectivity index (χ3n) is 4.09. The highest BCUT2D eigenvalue weighted by atomic mass is 35.5. The summed E-state index contributed by atoms with van der Waals surface area (Å²) in [6.45, 7) is 0.995. The molecule has 5 heteroatoms. The minimum atomic E-state index is -0.399. The van der Waals surface area contributed by atoms with Crippen molar-refractivity contribution in [2.45, 2.75) is 18.8 Å². The van der Waals surface area contributed by atoms with E-state index in [0.29, 0.717) is 19.0 Å². The molecule has 0 aliphatic carbocycles. The van der Waals surface area contributed by atoms with Gasteiger partial charge in [-0.15, -0.1) is 0 Å². The van der Waals surface area contributed by atoms with Gasteiger partial charge in [0.15, 0.2) is 0 Å². The van der Waals surface area contributed by atoms with Gasteiger partial charge >= 0.3 is 0 Å². The smallest absolute Gasteiger partial charge is 0.248 e. The van der Waals surface area contributed by atoms with Crippen LogP contribution in [0.5, 0.6) is 0 Å². The molecule has 0 radical (unpaired) electrons. The van der Waals surface area contributed by atoms with E-state index in [-0.39, 0.29) is 5.91 Å². The number of H-pyrrole nitrogens is 1. The van der Waals surface area contributed by atoms with Crippen LogP contribution >= 0.6 is 11.6 Å². The number of halogens is 1. The zero-order valence-corrected chi connectivity index (χ0v) is 11.9. The number of hydrogen-bond acceptors (Lipinski definition) is 2. The van der Waals surface area contributed by atoms with Crippen LogP contribution < -0.4 is 0 Å². The first kappa shape index (κ1) is 13.5. The van der Waals surface area contributed by atoms with Crippen molar-refractivity contribution in [3.63, 3.8) is 0 Å². The zero-order chi connectivity index (χ0) is 14.1. The van der Waals surface area contributed by atoms with Crippen LogP contribution in [0.1, 0.15) is 24.3 Å². The molecule has 1 fully saturated rings. The van der Waals surface area contributed by atoms with Crippen molar-refractivity contribution in [1.82, 2.24) is 9.88 Å². The maximum Gasteiger partial charge on any atom is 0.248 e. The lowest BCUT2D eigenvalue weighted by Gasteiger charge is -2.32. The number of piperidine rings is 1. The lowest BCUT2D eigenvalue weighted by molar-refractivity contribution is -0.135. The molecule has 0 spiro atoms. The fourth-order valence-corrected chi connectivity index (χ4v) is 3.26. The van der Waals surface area contributed by atoms with Crippen molar-refractivity contribution >= 4 is 28.4 Å². The fraction of sp³-hybridized carbons (Fsp3) is 0.400. The van der Waals surface area contributed by atoms with Gasteiger partial charge in [-0.2, -0.15) is 0 Å². The van der Waals surface area contributed by atoms with Crippen LogP contribution in [0.15, 0.2) is 24.4 Å². The van der Waals surface area contributed by atoms with E-state index in [4.69, 9.17) is 16.7 Å². The molecule has 4 nitrogen and oxygen atoms in total. The molecule has 1 aromatic heterocycles. The van der Waals surface area contributed by atoms with Crippen LogP contribution in [0, 0.1) is 0 Å². The van der Waals surface area contributed by atoms with E-state index >= 15 is 0 Å². The Morgan fingerprint density at radius 2 is 2.15 bits per heavy atom. The molecule has 0 unspecified atom stereocenters. The standard InChI is InChI=1S/C15H17ClN2O2/c16-11-7-13(12-1-4-17-14(12)8-11)10-2-5-18(6-3-10)15(20)9-19/h1,4,7-8,10,17,19H,2-3,5-6,9H2. The van der Waals surface area contributed by atoms with Gasteiger partial charge in [-0.05, 0) is 42.5 Å². The van der Waals surface area contributed by atoms with Gasteiger partial charge in [0.05, 0.1) is 0 Å². The Morgan fingerprint density at radius 1 is 1.40 bits per heavy atom. The number of aliphatic hydroxyl groups excluding tert-OH is 1. The molecular formula is C15H17ClN2O2. The largest absolute Gasteiger partial charge is 0.387 e. The summed E-state index contributed by atoms with van der Waals surface area (Å²) in [6.07, 6.45) is 3.74. The SMILES string of the molecule is O=C(CO)N1CCC(c2cc(Cl)cc3[nH]ccc23)CC1. The van der Waals surface area contributed by atoms with Crippen LogP contribution in [0.25, 0.3) is 10.9 Å². The number of hydrogen-bond donors (Lipinski definition) is 2. The third kappa shape index (κ3) is 2.41. The topological polar surface area (TPSA) is 56.3 Å². The van der Waals surface area contributed by atoms with E-state index in [1.807, 2.05) is 18.3 Å². The summed E-state index contributed by atoms with van der Waals surface area (Å²) in [5, 5.41) is 10.9. The summed E-state index contributed by atoms with van der Waals surface area (Å²) >= 11 is 6.18. The van der Waals surface area contributed by atoms with E-state index in [1.54, 1.807) is 4.90 Å². The highest BCUT2D eigenvalue weighted by Gasteiger charge is 2.24. The monoisotopic (exact) mass is 292 g/mol. The van der Waals surface area contributed by atoms with E-state index in [9.17, 15) is 4.79 Å². The average Bonchev–Trinajstić information content (AvgIpc) is 2.94. The number of nitrogens with one attached hydrogen (secondary N) is 1. The number of likely N-dealkylation sites (tertiary alicyclic amines) is 1. The van der Waals surface area contributed by atoms with Gasteiger partial charge in [0.1, 0.15) is 6.61 Å². The second-order valence-corrected chi connectivity index (χ2v) is 5.68. The number of fused-ring (bicyclic) bond motifs is 1. The Labute approximate surface area is 122 Å². The Hall–Kier alpha value is -1.52. The molecule has 106 valence electrons. The predicted molar refractivity (Wildman–Crippen MR) is 78.9 cm³/mol. The maximum absolute atomic E-state index is 11.5. The average molecular weight is 293 g/mol. The molecule has 1 saturated heterocycles. The highest BCUT2D eigenvalue weighted by molar-refractivity contribution is 6.31. The quantitative estimate of drug-likeness (QED) is 0.893. The molecular weight excluding hydrogens is 276 g/mol. The molecule has 2 heterocycles. The van der Waals surface area contributed by atoms with E-state index in [0.717, 1.165) is 23.4 Å². The summed E-state index contributed by atoms with van der Waals surface area (Å²) in [4.78, 5) is 16.4. The van der Waals surface area contributed by atoms with E-state index in [1.165, 1.54) is 10.9 Å². The van der Waals surface area contributed by atoms with Crippen molar-refractivity contribution in [2.24, 2.45) is 0 Å². The third-order valence-corrected chi connectivity index (χ3v) is 4.31. The number of carbonyl (C=O) groups is 1. The summed E-state index contributed by atoms with van der Waals surface area (Å²) in [5.74, 6) is 0.232. The van der Waals surface area contributed by atoms with E-state index < -0.39 is 6.61 Å². The van der Waals surface area contributed by atoms with Crippen LogP contribution in [0.2, 0.25) is 5.02 Å². The Balaban J connectivity index is 1.83. The van der Waals surface area contributed by atoms with Crippen molar-refractivity contribution in [2.75, 3.05) is 19.7 Å². The lowest BCUT2D eigenvalue weighted by Crippen LogP contribution is -2.39. The molecule has 0 atom stereocenters. The fourth-order valence-electron chi connectivity index (χ4n) is 3.04. The molecule has 20 heavy (non-hydrogen) atoms. The summed E-state index contributed by atoms with van der Waals surface area (Å²) in [5.41, 5.74) is 2.31. The van der Waals surface area contributed by atoms with Gasteiger partial charge in [-0.25, -0.2) is 0 Å². The number of aromatic amines is 1. The molecule has 1 aliphatic rings. The number of aliphatic hydroxyl groups is 1. The maximum atomic E-state index is 11.5. The van der Waals surface area contributed by atoms with Crippen LogP contribution in [0.4, 0.5) is 0 Å². The highest BCUT2D eigenvalue weighted by Crippen LogP contribution is 2.34. The van der Waals surface area contributed by atoms with Crippen molar-refractivity contribution < 1.29 is 9.90 Å². The van der Waals surface area contributed by atoms with Crippen molar-refractivity contribution in [3.05, 3.63) is 35.0 Å². The van der Waals surface area contributed by atoms with Gasteiger partial charge in [-0.3, -0.25) is 4.79 Å².